The molecule has 2 aliphatic heterocycles. The molecule has 130 heavy (non-hydrogen) atoms. The van der Waals surface area contributed by atoms with E-state index in [2.05, 4.69) is 36.9 Å². The second-order valence-corrected chi connectivity index (χ2v) is 33.4. The van der Waals surface area contributed by atoms with Crippen molar-refractivity contribution < 1.29 is 66.9 Å². The molecule has 2 N–H and O–H groups in total. The summed E-state index contributed by atoms with van der Waals surface area (Å²) in [6.07, 6.45) is 3.23. The Labute approximate surface area is 755 Å². The summed E-state index contributed by atoms with van der Waals surface area (Å²) in [7, 11) is 0. The van der Waals surface area contributed by atoms with Crippen molar-refractivity contribution >= 4 is 102 Å². The Morgan fingerprint density at radius 1 is 0.323 bits per heavy atom. The number of fused-ring (bicyclic) bond motifs is 2. The maximum Gasteiger partial charge on any atom is 0.262 e. The van der Waals surface area contributed by atoms with Gasteiger partial charge in [-0.3, -0.25) is 57.7 Å². The highest BCUT2D eigenvalue weighted by Gasteiger charge is 2.48. The van der Waals surface area contributed by atoms with Gasteiger partial charge in [0.1, 0.15) is 58.1 Å². The number of carbonyl (C=O) groups excluding carboxylic acids is 10. The van der Waals surface area contributed by atoms with Crippen LogP contribution < -0.4 is 29.6 Å². The molecule has 20 heteroatoms. The number of carbonyl (C=O) groups is 10. The van der Waals surface area contributed by atoms with E-state index in [1.165, 1.54) is 0 Å². The van der Waals surface area contributed by atoms with Crippen LogP contribution in [0.2, 0.25) is 0 Å². The van der Waals surface area contributed by atoms with Crippen LogP contribution in [0.4, 0.5) is 0 Å². The first-order valence-corrected chi connectivity index (χ1v) is 44.0. The monoisotopic (exact) mass is 1730 g/mol. The van der Waals surface area contributed by atoms with Crippen LogP contribution in [0.1, 0.15) is 153 Å². The lowest BCUT2D eigenvalue weighted by molar-refractivity contribution is -0.136. The smallest absolute Gasteiger partial charge is 0.262 e. The first kappa shape index (κ1) is 89.6. The van der Waals surface area contributed by atoms with Crippen LogP contribution in [0.3, 0.4) is 0 Å². The lowest BCUT2D eigenvalue weighted by atomic mass is 9.80. The summed E-state index contributed by atoms with van der Waals surface area (Å²) in [6, 6.07) is 69.5. The molecular weight excluding hydrogens is 1630 g/mol. The molecule has 0 saturated heterocycles. The van der Waals surface area contributed by atoms with Gasteiger partial charge in [0, 0.05) is 119 Å². The maximum atomic E-state index is 17.1. The lowest BCUT2D eigenvalue weighted by Crippen LogP contribution is -2.55. The van der Waals surface area contributed by atoms with Crippen LogP contribution >= 0.6 is 0 Å². The predicted molar refractivity (Wildman–Crippen MR) is 506 cm³/mol. The fraction of sp³-hybridized carbons (Fsp3) is 0.218. The molecule has 0 saturated carbocycles. The molecular formula is C110H102N6O14. The number of nitrogens with zero attached hydrogens (tertiary/aromatic N) is 4. The zero-order valence-corrected chi connectivity index (χ0v) is 73.9. The van der Waals surface area contributed by atoms with Crippen LogP contribution in [0, 0.1) is 0 Å². The Balaban J connectivity index is 1.05. The molecule has 0 fully saturated rings. The third kappa shape index (κ3) is 19.5. The number of nitrogens with one attached hydrogen (secondary N) is 2. The van der Waals surface area contributed by atoms with E-state index < -0.39 is 47.5 Å². The Morgan fingerprint density at radius 3 is 0.838 bits per heavy atom. The molecule has 20 nitrogen and oxygen atoms in total. The van der Waals surface area contributed by atoms with E-state index in [1.54, 1.807) is 110 Å². The maximum absolute atomic E-state index is 17.1. The van der Waals surface area contributed by atoms with Gasteiger partial charge in [0.2, 0.25) is 23.6 Å². The molecule has 2 unspecified atom stereocenters. The molecule has 2 aliphatic rings. The molecule has 15 rings (SSSR count). The van der Waals surface area contributed by atoms with Crippen molar-refractivity contribution in [1.29, 1.82) is 0 Å². The third-order valence-electron chi connectivity index (χ3n) is 24.0. The minimum atomic E-state index is -1.48. The normalized spacial score (nSPS) is 12.7. The van der Waals surface area contributed by atoms with Crippen molar-refractivity contribution in [2.75, 3.05) is 26.2 Å². The Hall–Kier alpha value is -15.2. The zero-order chi connectivity index (χ0) is 91.6. The van der Waals surface area contributed by atoms with Gasteiger partial charge in [-0.25, -0.2) is 0 Å². The Kier molecular flexibility index (Phi) is 27.4. The highest BCUT2D eigenvalue weighted by atomic mass is 16.5. The first-order chi connectivity index (χ1) is 62.8. The predicted octanol–water partition coefficient (Wildman–Crippen LogP) is 20.8. The van der Waals surface area contributed by atoms with E-state index in [0.717, 1.165) is 43.2 Å². The summed E-state index contributed by atoms with van der Waals surface area (Å²) in [5, 5.41) is 7.17. The second kappa shape index (κ2) is 39.8. The number of ketones is 2. The minimum absolute atomic E-state index is 0.00322. The second-order valence-electron chi connectivity index (χ2n) is 33.4. The summed E-state index contributed by atoms with van der Waals surface area (Å²) in [5.41, 5.74) is 7.67. The molecule has 656 valence electrons. The van der Waals surface area contributed by atoms with Gasteiger partial charge in [-0.1, -0.05) is 196 Å². The number of likely N-dealkylation sites (N-methyl/N-ethyl adjacent to an activating group) is 2. The first-order valence-electron chi connectivity index (χ1n) is 44.0. The van der Waals surface area contributed by atoms with E-state index in [1.807, 2.05) is 184 Å². The van der Waals surface area contributed by atoms with Gasteiger partial charge >= 0.3 is 0 Å². The topological polar surface area (TPSA) is 245 Å². The van der Waals surface area contributed by atoms with Gasteiger partial charge in [-0.2, -0.15) is 0 Å². The highest BCUT2D eigenvalue weighted by Crippen LogP contribution is 2.58. The summed E-state index contributed by atoms with van der Waals surface area (Å²) in [6.45, 7) is 26.9. The molecule has 0 aromatic heterocycles. The van der Waals surface area contributed by atoms with Gasteiger partial charge in [0.05, 0.1) is 22.3 Å². The molecule has 2 atom stereocenters. The van der Waals surface area contributed by atoms with Gasteiger partial charge in [-0.15, -0.1) is 0 Å². The average Bonchev–Trinajstić information content (AvgIpc) is 0.668. The van der Waals surface area contributed by atoms with Crippen LogP contribution in [0.5, 0.6) is 46.0 Å². The zero-order valence-electron chi connectivity index (χ0n) is 73.9. The minimum Gasteiger partial charge on any atom is -0.457 e. The van der Waals surface area contributed by atoms with Crippen molar-refractivity contribution in [1.82, 2.24) is 30.2 Å². The molecule has 0 aliphatic carbocycles. The van der Waals surface area contributed by atoms with E-state index in [4.69, 9.17) is 18.9 Å². The number of imide groups is 2. The third-order valence-corrected chi connectivity index (χ3v) is 24.0. The number of amides is 8. The van der Waals surface area contributed by atoms with E-state index in [0.29, 0.717) is 71.9 Å². The molecule has 0 bridgehead atoms. The SMILES string of the molecule is C=C(C)C(=O)CCCc1ccc(Oc2cc3c4c(cc(Oc5ccc(CCCC(=O)C(=C)C)cc5)c5c6c(Oc7ccc(CCNC(=O)C(=C)C)cc7)cc7c8c(cc(Oc9ccc(CCNC(=O)C(=C)C)cc9)c(c2c45)c86)C(=O)N(C(Cc2ccccc2)C(=O)N(CC)Cc2ccccc2)C7=O)C(=O)N(C(Cc2ccccc2)C(=O)N(CC)Cc2ccccc2)C3=O)cc1. The summed E-state index contributed by atoms with van der Waals surface area (Å²) < 4.78 is 29.9. The van der Waals surface area contributed by atoms with Gasteiger partial charge < -0.3 is 39.4 Å². The molecule has 0 spiro atoms. The van der Waals surface area contributed by atoms with Crippen molar-refractivity contribution in [3.05, 3.63) is 358 Å². The number of hydrogen-bond donors (Lipinski definition) is 2. The van der Waals surface area contributed by atoms with Crippen molar-refractivity contribution in [2.45, 2.75) is 131 Å². The lowest BCUT2D eigenvalue weighted by Gasteiger charge is -2.37. The number of ether oxygens (including phenoxy) is 4. The Bertz CT molecular complexity index is 5930. The van der Waals surface area contributed by atoms with Crippen LogP contribution in [-0.4, -0.2) is 117 Å². The highest BCUT2D eigenvalue weighted by molar-refractivity contribution is 6.45. The molecule has 13 aromatic rings. The van der Waals surface area contributed by atoms with Crippen molar-refractivity contribution in [2.24, 2.45) is 0 Å². The van der Waals surface area contributed by atoms with E-state index >= 15 is 28.8 Å². The van der Waals surface area contributed by atoms with Gasteiger partial charge in [0.25, 0.3) is 23.6 Å². The summed E-state index contributed by atoms with van der Waals surface area (Å²) in [5.74, 6) is -4.13. The van der Waals surface area contributed by atoms with Gasteiger partial charge in [0.15, 0.2) is 11.6 Å². The molecule has 8 amide bonds. The number of allylic oxidation sites excluding steroid dienone is 2. The summed E-state index contributed by atoms with van der Waals surface area (Å²) >= 11 is 0. The summed E-state index contributed by atoms with van der Waals surface area (Å²) in [4.78, 5) is 157. The Morgan fingerprint density at radius 2 is 0.585 bits per heavy atom. The van der Waals surface area contributed by atoms with Crippen LogP contribution in [-0.2, 0) is 80.4 Å². The quantitative estimate of drug-likeness (QED) is 0.0157. The fourth-order valence-electron chi connectivity index (χ4n) is 17.1. The average molecular weight is 1730 g/mol. The molecule has 2 heterocycles. The number of benzene rings is 13. The number of aryl methyl sites for hydroxylation is 2. The number of Topliss-reactive ketones (excluding diaryl/α,β-unsaturated/α-hetero) is 2. The largest absolute Gasteiger partial charge is 0.457 e. The van der Waals surface area contributed by atoms with Crippen molar-refractivity contribution in [3.8, 4) is 46.0 Å². The number of rotatable bonds is 40. The number of hydrogen-bond acceptors (Lipinski definition) is 14. The van der Waals surface area contributed by atoms with E-state index in [9.17, 15) is 19.2 Å². The standard InChI is InChI=1S/C110H102N6O14/c1-11-113(65-77-31-21-15-22-32-77)109(125)87(59-75-27-17-13-18-28-75)115-105(121)83-61-91(127-79-47-39-71(40-48-79)35-25-37-89(117)67(3)4)97-99-93(129-81-51-43-73(44-52-81)55-57-111-103(119)69(7)8)63-85-96-86(108(124)116(107(85)123)88(60-76-29-19-14-20-30-76)110(126)114(12-2)66-78-33-23-16-24-34-78)64-94(130-82-53-45-74(46-54-82)56-58-112-104(120)70(9)10)100(102(96)99)98-92(62-84(106(115)122)95(83)101(97)98)128-80-49-41-72(42-50-80)36-26-38-90(118)68(5)6/h13-24,27-34,39-54,61-64,87-88H,3,5,7,9,11-12,25-26,35-38,55-60,65-66H2,1-2,4,6,8,10H3,(H,111,119)(H,112,120). The van der Waals surface area contributed by atoms with Crippen LogP contribution in [0.25, 0.3) is 43.1 Å². The van der Waals surface area contributed by atoms with Gasteiger partial charge in [-0.05, 0) is 209 Å². The molecule has 13 aromatic carbocycles. The molecule has 0 radical (unpaired) electrons. The van der Waals surface area contributed by atoms with Crippen LogP contribution in [0.15, 0.2) is 291 Å². The fourth-order valence-corrected chi connectivity index (χ4v) is 17.1. The van der Waals surface area contributed by atoms with E-state index in [-0.39, 0.29) is 200 Å². The van der Waals surface area contributed by atoms with Crippen molar-refractivity contribution in [3.63, 3.8) is 0 Å².